The van der Waals surface area contributed by atoms with Crippen molar-refractivity contribution >= 4 is 11.8 Å². The SMILES string of the molecule is O=C1c2ccccc2[C@H](CCCc2ccccc2)C(=O)N1OCc1ccccc1. The number of hydrogen-bond donors (Lipinski definition) is 0. The first-order chi connectivity index (χ1) is 14.2. The number of carbonyl (C=O) groups excluding carboxylic acids is 2. The summed E-state index contributed by atoms with van der Waals surface area (Å²) < 4.78 is 0. The third-order valence-corrected chi connectivity index (χ3v) is 5.25. The van der Waals surface area contributed by atoms with Crippen LogP contribution in [0.5, 0.6) is 0 Å². The van der Waals surface area contributed by atoms with Crippen molar-refractivity contribution in [3.05, 3.63) is 107 Å². The average Bonchev–Trinajstić information content (AvgIpc) is 2.77. The van der Waals surface area contributed by atoms with Crippen LogP contribution < -0.4 is 0 Å². The fraction of sp³-hybridized carbons (Fsp3) is 0.200. The van der Waals surface area contributed by atoms with Crippen molar-refractivity contribution in [3.63, 3.8) is 0 Å². The van der Waals surface area contributed by atoms with E-state index >= 15 is 0 Å². The van der Waals surface area contributed by atoms with Crippen molar-refractivity contribution < 1.29 is 14.4 Å². The monoisotopic (exact) mass is 385 g/mol. The molecule has 2 amide bonds. The lowest BCUT2D eigenvalue weighted by molar-refractivity contribution is -0.176. The molecule has 0 spiro atoms. The van der Waals surface area contributed by atoms with Crippen molar-refractivity contribution in [2.45, 2.75) is 31.8 Å². The standard InChI is InChI=1S/C25H23NO3/c27-24-22-16-8-7-15-21(22)23(17-9-14-19-10-3-1-4-11-19)25(28)26(24)29-18-20-12-5-2-6-13-20/h1-8,10-13,15-16,23H,9,14,17-18H2/t23-/m0/s1. The number of aryl methyl sites for hydroxylation is 1. The van der Waals surface area contributed by atoms with Crippen LogP contribution >= 0.6 is 0 Å². The fourth-order valence-corrected chi connectivity index (χ4v) is 3.75. The van der Waals surface area contributed by atoms with E-state index in [1.54, 1.807) is 6.07 Å². The minimum Gasteiger partial charge on any atom is -0.271 e. The number of benzene rings is 3. The van der Waals surface area contributed by atoms with Gasteiger partial charge >= 0.3 is 0 Å². The summed E-state index contributed by atoms with van der Waals surface area (Å²) in [6.45, 7) is 0.178. The highest BCUT2D eigenvalue weighted by Crippen LogP contribution is 2.33. The van der Waals surface area contributed by atoms with Gasteiger partial charge in [-0.05, 0) is 42.0 Å². The van der Waals surface area contributed by atoms with Gasteiger partial charge in [0.2, 0.25) is 0 Å². The number of amides is 2. The molecule has 3 aromatic carbocycles. The summed E-state index contributed by atoms with van der Waals surface area (Å²) in [7, 11) is 0. The highest BCUT2D eigenvalue weighted by molar-refractivity contribution is 6.10. The van der Waals surface area contributed by atoms with Crippen LogP contribution in [-0.2, 0) is 22.7 Å². The second-order valence-electron chi connectivity index (χ2n) is 7.21. The summed E-state index contributed by atoms with van der Waals surface area (Å²) in [5.74, 6) is -1.04. The fourth-order valence-electron chi connectivity index (χ4n) is 3.75. The topological polar surface area (TPSA) is 46.6 Å². The van der Waals surface area contributed by atoms with Gasteiger partial charge in [-0.2, -0.15) is 0 Å². The second-order valence-corrected chi connectivity index (χ2v) is 7.21. The number of carbonyl (C=O) groups is 2. The van der Waals surface area contributed by atoms with E-state index in [1.165, 1.54) is 5.56 Å². The first-order valence-corrected chi connectivity index (χ1v) is 9.92. The third kappa shape index (κ3) is 4.28. The summed E-state index contributed by atoms with van der Waals surface area (Å²) in [5, 5.41) is 0.961. The molecule has 0 unspecified atom stereocenters. The first kappa shape index (κ1) is 19.1. The van der Waals surface area contributed by atoms with Crippen molar-refractivity contribution in [3.8, 4) is 0 Å². The molecule has 1 heterocycles. The van der Waals surface area contributed by atoms with E-state index in [-0.39, 0.29) is 24.3 Å². The lowest BCUT2D eigenvalue weighted by Crippen LogP contribution is -2.44. The van der Waals surface area contributed by atoms with Crippen LogP contribution in [0.2, 0.25) is 0 Å². The van der Waals surface area contributed by atoms with Crippen molar-refractivity contribution in [1.82, 2.24) is 5.06 Å². The number of imide groups is 1. The number of hydrogen-bond acceptors (Lipinski definition) is 3. The average molecular weight is 385 g/mol. The predicted molar refractivity (Wildman–Crippen MR) is 111 cm³/mol. The van der Waals surface area contributed by atoms with E-state index in [2.05, 4.69) is 12.1 Å². The van der Waals surface area contributed by atoms with E-state index in [4.69, 9.17) is 4.84 Å². The Morgan fingerprint density at radius 1 is 0.759 bits per heavy atom. The molecule has 0 aromatic heterocycles. The Balaban J connectivity index is 1.51. The molecule has 0 radical (unpaired) electrons. The van der Waals surface area contributed by atoms with Gasteiger partial charge in [-0.1, -0.05) is 78.9 Å². The van der Waals surface area contributed by atoms with Crippen molar-refractivity contribution in [2.24, 2.45) is 0 Å². The summed E-state index contributed by atoms with van der Waals surface area (Å²) in [6.07, 6.45) is 2.42. The molecule has 3 aromatic rings. The van der Waals surface area contributed by atoms with Gasteiger partial charge < -0.3 is 0 Å². The minimum atomic E-state index is -0.388. The Hall–Kier alpha value is -3.24. The number of hydroxylamine groups is 2. The summed E-state index contributed by atoms with van der Waals surface area (Å²) >= 11 is 0. The van der Waals surface area contributed by atoms with Gasteiger partial charge in [-0.25, -0.2) is 0 Å². The Bertz CT molecular complexity index is 985. The van der Waals surface area contributed by atoms with Gasteiger partial charge in [0, 0.05) is 5.56 Å². The molecule has 0 bridgehead atoms. The van der Waals surface area contributed by atoms with Gasteiger partial charge in [-0.3, -0.25) is 14.4 Å². The van der Waals surface area contributed by atoms with E-state index in [1.807, 2.05) is 66.7 Å². The molecule has 1 aliphatic rings. The molecular formula is C25H23NO3. The second kappa shape index (κ2) is 8.84. The summed E-state index contributed by atoms with van der Waals surface area (Å²) in [6, 6.07) is 27.1. The van der Waals surface area contributed by atoms with E-state index in [9.17, 15) is 9.59 Å². The highest BCUT2D eigenvalue weighted by atomic mass is 16.7. The zero-order valence-electron chi connectivity index (χ0n) is 16.2. The molecule has 0 fully saturated rings. The summed E-state index contributed by atoms with van der Waals surface area (Å²) in [4.78, 5) is 31.7. The molecule has 0 saturated carbocycles. The largest absolute Gasteiger partial charge is 0.285 e. The molecule has 1 atom stereocenters. The van der Waals surface area contributed by atoms with Crippen LogP contribution in [0.25, 0.3) is 0 Å². The number of nitrogens with zero attached hydrogens (tertiary/aromatic N) is 1. The lowest BCUT2D eigenvalue weighted by Gasteiger charge is -2.31. The maximum atomic E-state index is 13.1. The number of rotatable bonds is 7. The van der Waals surface area contributed by atoms with E-state index in [0.717, 1.165) is 29.0 Å². The van der Waals surface area contributed by atoms with Gasteiger partial charge in [0.1, 0.15) is 6.61 Å². The van der Waals surface area contributed by atoms with Gasteiger partial charge in [0.15, 0.2) is 0 Å². The molecule has 4 rings (SSSR count). The molecule has 0 saturated heterocycles. The van der Waals surface area contributed by atoms with Crippen LogP contribution in [0.1, 0.15) is 45.8 Å². The van der Waals surface area contributed by atoms with Gasteiger partial charge in [-0.15, -0.1) is 5.06 Å². The first-order valence-electron chi connectivity index (χ1n) is 9.92. The van der Waals surface area contributed by atoms with Crippen LogP contribution in [0.3, 0.4) is 0 Å². The molecule has 0 N–H and O–H groups in total. The quantitative estimate of drug-likeness (QED) is 0.543. The molecule has 4 heteroatoms. The smallest absolute Gasteiger partial charge is 0.271 e. The normalized spacial score (nSPS) is 16.0. The maximum absolute atomic E-state index is 13.1. The Morgan fingerprint density at radius 2 is 1.38 bits per heavy atom. The van der Waals surface area contributed by atoms with Crippen LogP contribution in [0.4, 0.5) is 0 Å². The molecule has 146 valence electrons. The van der Waals surface area contributed by atoms with Crippen molar-refractivity contribution in [1.29, 1.82) is 0 Å². The van der Waals surface area contributed by atoms with Gasteiger partial charge in [0.05, 0.1) is 5.92 Å². The minimum absolute atomic E-state index is 0.178. The van der Waals surface area contributed by atoms with Gasteiger partial charge in [0.25, 0.3) is 11.8 Å². The third-order valence-electron chi connectivity index (χ3n) is 5.25. The Morgan fingerprint density at radius 3 is 2.10 bits per heavy atom. The van der Waals surface area contributed by atoms with Crippen LogP contribution in [0, 0.1) is 0 Å². The highest BCUT2D eigenvalue weighted by Gasteiger charge is 2.39. The zero-order valence-corrected chi connectivity index (χ0v) is 16.2. The zero-order chi connectivity index (χ0) is 20.1. The molecule has 1 aliphatic heterocycles. The predicted octanol–water partition coefficient (Wildman–Crippen LogP) is 4.91. The van der Waals surface area contributed by atoms with E-state index < -0.39 is 0 Å². The maximum Gasteiger partial charge on any atom is 0.285 e. The molecule has 0 aliphatic carbocycles. The van der Waals surface area contributed by atoms with Crippen molar-refractivity contribution in [2.75, 3.05) is 0 Å². The molecule has 4 nitrogen and oxygen atoms in total. The molecular weight excluding hydrogens is 362 g/mol. The Labute approximate surface area is 170 Å². The van der Waals surface area contributed by atoms with E-state index in [0.29, 0.717) is 12.0 Å². The van der Waals surface area contributed by atoms with Crippen LogP contribution in [0.15, 0.2) is 84.9 Å². The molecule has 29 heavy (non-hydrogen) atoms. The number of fused-ring (bicyclic) bond motifs is 1. The summed E-state index contributed by atoms with van der Waals surface area (Å²) in [5.41, 5.74) is 3.50. The van der Waals surface area contributed by atoms with Crippen LogP contribution in [-0.4, -0.2) is 16.9 Å². The lowest BCUT2D eigenvalue weighted by atomic mass is 9.85. The Kier molecular flexibility index (Phi) is 5.82.